The first-order valence-electron chi connectivity index (χ1n) is 8.44. The van der Waals surface area contributed by atoms with Crippen LogP contribution in [-0.4, -0.2) is 49.4 Å². The third kappa shape index (κ3) is 2.17. The van der Waals surface area contributed by atoms with Crippen LogP contribution in [-0.2, 0) is 0 Å². The summed E-state index contributed by atoms with van der Waals surface area (Å²) >= 11 is 0. The van der Waals surface area contributed by atoms with E-state index in [9.17, 15) is 9.90 Å². The van der Waals surface area contributed by atoms with E-state index in [1.807, 2.05) is 30.9 Å². The van der Waals surface area contributed by atoms with E-state index in [2.05, 4.69) is 10.1 Å². The number of likely N-dealkylation sites (tertiary alicyclic amines) is 1. The van der Waals surface area contributed by atoms with E-state index in [4.69, 9.17) is 0 Å². The molecule has 1 aliphatic carbocycles. The Morgan fingerprint density at radius 3 is 2.96 bits per heavy atom. The van der Waals surface area contributed by atoms with Gasteiger partial charge < -0.3 is 10.0 Å². The zero-order chi connectivity index (χ0) is 16.9. The molecule has 1 saturated carbocycles. The number of nitrogens with zero attached hydrogens (tertiary/aromatic N) is 4. The maximum atomic E-state index is 13.0. The summed E-state index contributed by atoms with van der Waals surface area (Å²) in [7, 11) is 0. The lowest BCUT2D eigenvalue weighted by atomic mass is 9.54. The highest BCUT2D eigenvalue weighted by molar-refractivity contribution is 5.94. The second-order valence-electron chi connectivity index (χ2n) is 7.40. The van der Waals surface area contributed by atoms with Crippen molar-refractivity contribution in [3.63, 3.8) is 0 Å². The van der Waals surface area contributed by atoms with Crippen LogP contribution in [0.25, 0.3) is 5.69 Å². The summed E-state index contributed by atoms with van der Waals surface area (Å²) in [4.78, 5) is 19.0. The van der Waals surface area contributed by atoms with Gasteiger partial charge in [0, 0.05) is 36.3 Å². The minimum atomic E-state index is -0.323. The second-order valence-corrected chi connectivity index (χ2v) is 7.40. The number of fused-ring (bicyclic) bond motifs is 1. The van der Waals surface area contributed by atoms with Gasteiger partial charge in [0.25, 0.3) is 5.91 Å². The lowest BCUT2D eigenvalue weighted by Gasteiger charge is -2.62. The van der Waals surface area contributed by atoms with Gasteiger partial charge in [0.15, 0.2) is 0 Å². The van der Waals surface area contributed by atoms with Crippen molar-refractivity contribution in [3.05, 3.63) is 42.5 Å². The zero-order valence-corrected chi connectivity index (χ0v) is 14.0. The molecule has 3 heterocycles. The average Bonchev–Trinajstić information content (AvgIpc) is 3.11. The molecule has 1 amide bonds. The Morgan fingerprint density at radius 1 is 1.38 bits per heavy atom. The molecule has 0 bridgehead atoms. The number of carbonyl (C=O) groups excluding carboxylic acids is 1. The second kappa shape index (κ2) is 5.41. The fourth-order valence-corrected chi connectivity index (χ4v) is 4.37. The van der Waals surface area contributed by atoms with Crippen LogP contribution in [0.4, 0.5) is 0 Å². The van der Waals surface area contributed by atoms with Gasteiger partial charge in [0.2, 0.25) is 0 Å². The monoisotopic (exact) mass is 326 g/mol. The fourth-order valence-electron chi connectivity index (χ4n) is 4.37. The number of hydrogen-bond donors (Lipinski definition) is 1. The number of hydrogen-bond acceptors (Lipinski definition) is 4. The van der Waals surface area contributed by atoms with E-state index in [0.717, 1.165) is 25.1 Å². The molecule has 0 radical (unpaired) electrons. The number of rotatable bonds is 2. The summed E-state index contributed by atoms with van der Waals surface area (Å²) in [5.74, 6) is 0.200. The highest BCUT2D eigenvalue weighted by atomic mass is 16.3. The Morgan fingerprint density at radius 2 is 2.21 bits per heavy atom. The third-order valence-electron chi connectivity index (χ3n) is 5.61. The molecule has 126 valence electrons. The van der Waals surface area contributed by atoms with E-state index in [1.165, 1.54) is 0 Å². The van der Waals surface area contributed by atoms with Crippen LogP contribution < -0.4 is 0 Å². The molecule has 24 heavy (non-hydrogen) atoms. The molecular weight excluding hydrogens is 304 g/mol. The van der Waals surface area contributed by atoms with Crippen molar-refractivity contribution in [3.8, 4) is 5.69 Å². The normalized spacial score (nSPS) is 28.1. The minimum absolute atomic E-state index is 0.000171. The van der Waals surface area contributed by atoms with Gasteiger partial charge in [-0.2, -0.15) is 5.10 Å². The molecule has 0 unspecified atom stereocenters. The van der Waals surface area contributed by atoms with Crippen molar-refractivity contribution >= 4 is 5.91 Å². The van der Waals surface area contributed by atoms with Gasteiger partial charge in [-0.05, 0) is 25.0 Å². The van der Waals surface area contributed by atoms with E-state index in [-0.39, 0.29) is 29.4 Å². The van der Waals surface area contributed by atoms with Crippen molar-refractivity contribution < 1.29 is 9.90 Å². The predicted octanol–water partition coefficient (Wildman–Crippen LogP) is 1.89. The largest absolute Gasteiger partial charge is 0.392 e. The van der Waals surface area contributed by atoms with Gasteiger partial charge in [0.05, 0.1) is 29.7 Å². The number of amides is 1. The molecule has 0 aromatic carbocycles. The standard InChI is InChI=1S/C18H22N4O2/c1-18(2)15-14(16(18)23)6-4-8-21(15)17(24)12-9-20-22(11-12)13-5-3-7-19-10-13/h3,5,7,9-11,14-16,23H,4,6,8H2,1-2H3/t14-,15+,16-/m0/s1. The topological polar surface area (TPSA) is 71.2 Å². The molecule has 0 spiro atoms. The first kappa shape index (κ1) is 15.3. The summed E-state index contributed by atoms with van der Waals surface area (Å²) in [6.07, 6.45) is 8.40. The Kier molecular flexibility index (Phi) is 3.46. The molecule has 3 atom stereocenters. The molecular formula is C18H22N4O2. The van der Waals surface area contributed by atoms with Crippen LogP contribution in [0.5, 0.6) is 0 Å². The van der Waals surface area contributed by atoms with Crippen molar-refractivity contribution in [2.24, 2.45) is 11.3 Å². The minimum Gasteiger partial charge on any atom is -0.392 e. The van der Waals surface area contributed by atoms with Gasteiger partial charge in [-0.3, -0.25) is 9.78 Å². The lowest BCUT2D eigenvalue weighted by Crippen LogP contribution is -2.71. The summed E-state index contributed by atoms with van der Waals surface area (Å²) in [5, 5.41) is 14.6. The predicted molar refractivity (Wildman–Crippen MR) is 88.7 cm³/mol. The molecule has 1 aliphatic heterocycles. The fraction of sp³-hybridized carbons (Fsp3) is 0.500. The number of aliphatic hydroxyl groups is 1. The Hall–Kier alpha value is -2.21. The summed E-state index contributed by atoms with van der Waals surface area (Å²) in [6.45, 7) is 4.83. The van der Waals surface area contributed by atoms with Crippen LogP contribution in [0.2, 0.25) is 0 Å². The third-order valence-corrected chi connectivity index (χ3v) is 5.61. The van der Waals surface area contributed by atoms with Gasteiger partial charge >= 0.3 is 0 Å². The number of aliphatic hydroxyl groups excluding tert-OH is 1. The first-order valence-corrected chi connectivity index (χ1v) is 8.44. The molecule has 1 saturated heterocycles. The molecule has 2 aromatic rings. The molecule has 2 aromatic heterocycles. The summed E-state index contributed by atoms with van der Waals surface area (Å²) in [6, 6.07) is 3.85. The van der Waals surface area contributed by atoms with Crippen LogP contribution in [0, 0.1) is 11.3 Å². The Bertz CT molecular complexity index is 755. The van der Waals surface area contributed by atoms with E-state index >= 15 is 0 Å². The summed E-state index contributed by atoms with van der Waals surface area (Å²) < 4.78 is 1.67. The summed E-state index contributed by atoms with van der Waals surface area (Å²) in [5.41, 5.74) is 1.16. The van der Waals surface area contributed by atoms with Crippen LogP contribution in [0.3, 0.4) is 0 Å². The average molecular weight is 326 g/mol. The smallest absolute Gasteiger partial charge is 0.257 e. The molecule has 2 fully saturated rings. The van der Waals surface area contributed by atoms with E-state index < -0.39 is 0 Å². The van der Waals surface area contributed by atoms with Crippen LogP contribution in [0.15, 0.2) is 36.9 Å². The van der Waals surface area contributed by atoms with Crippen molar-refractivity contribution in [2.75, 3.05) is 6.54 Å². The quantitative estimate of drug-likeness (QED) is 0.915. The maximum absolute atomic E-state index is 13.0. The van der Waals surface area contributed by atoms with E-state index in [0.29, 0.717) is 5.56 Å². The van der Waals surface area contributed by atoms with Gasteiger partial charge in [0.1, 0.15) is 0 Å². The van der Waals surface area contributed by atoms with Crippen LogP contribution in [0.1, 0.15) is 37.0 Å². The SMILES string of the molecule is CC1(C)[C@@H](O)[C@H]2CCCN(C(=O)c3cnn(-c4cccnc4)c3)[C@H]21. The Balaban J connectivity index is 1.59. The molecule has 6 nitrogen and oxygen atoms in total. The number of carbonyl (C=O) groups is 1. The van der Waals surface area contributed by atoms with Crippen molar-refractivity contribution in [1.82, 2.24) is 19.7 Å². The number of piperidine rings is 1. The number of pyridine rings is 1. The van der Waals surface area contributed by atoms with Crippen molar-refractivity contribution in [2.45, 2.75) is 38.8 Å². The van der Waals surface area contributed by atoms with Gasteiger partial charge in [-0.25, -0.2) is 4.68 Å². The van der Waals surface area contributed by atoms with Crippen molar-refractivity contribution in [1.29, 1.82) is 0 Å². The van der Waals surface area contributed by atoms with Gasteiger partial charge in [-0.1, -0.05) is 13.8 Å². The Labute approximate surface area is 141 Å². The highest BCUT2D eigenvalue weighted by Gasteiger charge is 2.59. The zero-order valence-electron chi connectivity index (χ0n) is 14.0. The van der Waals surface area contributed by atoms with Gasteiger partial charge in [-0.15, -0.1) is 0 Å². The lowest BCUT2D eigenvalue weighted by molar-refractivity contribution is -0.180. The molecule has 1 N–H and O–H groups in total. The molecule has 6 heteroatoms. The molecule has 4 rings (SSSR count). The molecule has 2 aliphatic rings. The first-order chi connectivity index (χ1) is 11.5. The van der Waals surface area contributed by atoms with Crippen LogP contribution >= 0.6 is 0 Å². The van der Waals surface area contributed by atoms with E-state index in [1.54, 1.807) is 29.5 Å². The highest BCUT2D eigenvalue weighted by Crippen LogP contribution is 2.52. The number of aromatic nitrogens is 3. The maximum Gasteiger partial charge on any atom is 0.257 e.